The first-order valence-corrected chi connectivity index (χ1v) is 5.40. The van der Waals surface area contributed by atoms with Gasteiger partial charge in [0, 0.05) is 6.08 Å². The molecule has 0 spiro atoms. The van der Waals surface area contributed by atoms with E-state index in [4.69, 9.17) is 10.2 Å². The summed E-state index contributed by atoms with van der Waals surface area (Å²) in [6.07, 6.45) is 6.71. The second-order valence-corrected chi connectivity index (χ2v) is 3.60. The molecule has 0 radical (unpaired) electrons. The van der Waals surface area contributed by atoms with Gasteiger partial charge in [-0.05, 0) is 5.92 Å². The average molecular weight is 228 g/mol. The predicted octanol–water partition coefficient (Wildman–Crippen LogP) is 1.04. The van der Waals surface area contributed by atoms with E-state index in [0.717, 1.165) is 6.42 Å². The third kappa shape index (κ3) is 8.20. The van der Waals surface area contributed by atoms with E-state index < -0.39 is 18.7 Å². The van der Waals surface area contributed by atoms with Crippen molar-refractivity contribution < 1.29 is 19.7 Å². The number of esters is 1. The summed E-state index contributed by atoms with van der Waals surface area (Å²) in [7, 11) is 0. The highest BCUT2D eigenvalue weighted by Crippen LogP contribution is 2.01. The Labute approximate surface area is 96.2 Å². The zero-order chi connectivity index (χ0) is 12.4. The molecule has 0 aromatic rings. The zero-order valence-electron chi connectivity index (χ0n) is 9.80. The SMILES string of the molecule is CC[C@H](C)/C=C/C=C/C(=O)OC[C@H](O)CO. The fourth-order valence-electron chi connectivity index (χ4n) is 0.803. The summed E-state index contributed by atoms with van der Waals surface area (Å²) in [5.74, 6) is -0.0433. The maximum Gasteiger partial charge on any atom is 0.330 e. The second-order valence-electron chi connectivity index (χ2n) is 3.60. The highest BCUT2D eigenvalue weighted by molar-refractivity contribution is 5.82. The molecule has 4 nitrogen and oxygen atoms in total. The van der Waals surface area contributed by atoms with Crippen molar-refractivity contribution in [3.63, 3.8) is 0 Å². The lowest BCUT2D eigenvalue weighted by Crippen LogP contribution is -2.21. The van der Waals surface area contributed by atoms with Crippen molar-refractivity contribution in [1.29, 1.82) is 0 Å². The van der Waals surface area contributed by atoms with Gasteiger partial charge in [-0.2, -0.15) is 0 Å². The maximum absolute atomic E-state index is 11.0. The van der Waals surface area contributed by atoms with Gasteiger partial charge in [0.25, 0.3) is 0 Å². The summed E-state index contributed by atoms with van der Waals surface area (Å²) >= 11 is 0. The molecule has 0 rings (SSSR count). The first kappa shape index (κ1) is 14.9. The summed E-state index contributed by atoms with van der Waals surface area (Å²) in [4.78, 5) is 11.0. The molecular weight excluding hydrogens is 208 g/mol. The van der Waals surface area contributed by atoms with Crippen LogP contribution in [0.25, 0.3) is 0 Å². The van der Waals surface area contributed by atoms with Crippen LogP contribution in [-0.2, 0) is 9.53 Å². The van der Waals surface area contributed by atoms with Crippen LogP contribution < -0.4 is 0 Å². The number of rotatable bonds is 7. The molecule has 0 aliphatic heterocycles. The minimum absolute atomic E-state index is 0.186. The minimum Gasteiger partial charge on any atom is -0.460 e. The molecular formula is C12H20O4. The van der Waals surface area contributed by atoms with E-state index in [2.05, 4.69) is 18.6 Å². The fraction of sp³-hybridized carbons (Fsp3) is 0.583. The zero-order valence-corrected chi connectivity index (χ0v) is 9.80. The van der Waals surface area contributed by atoms with Crippen molar-refractivity contribution in [2.45, 2.75) is 26.4 Å². The van der Waals surface area contributed by atoms with Crippen molar-refractivity contribution in [3.05, 3.63) is 24.3 Å². The standard InChI is InChI=1S/C12H20O4/c1-3-10(2)6-4-5-7-12(15)16-9-11(14)8-13/h4-7,10-11,13-14H,3,8-9H2,1-2H3/b6-4+,7-5+/t10-,11+/m0/s1. The van der Waals surface area contributed by atoms with Crippen LogP contribution in [-0.4, -0.2) is 35.5 Å². The molecule has 16 heavy (non-hydrogen) atoms. The monoisotopic (exact) mass is 228 g/mol. The number of hydrogen-bond donors (Lipinski definition) is 2. The smallest absolute Gasteiger partial charge is 0.330 e. The molecule has 2 N–H and O–H groups in total. The lowest BCUT2D eigenvalue weighted by atomic mass is 10.1. The van der Waals surface area contributed by atoms with Crippen molar-refractivity contribution in [1.82, 2.24) is 0 Å². The molecule has 0 saturated heterocycles. The summed E-state index contributed by atoms with van der Waals surface area (Å²) in [5, 5.41) is 17.4. The van der Waals surface area contributed by atoms with Crippen LogP contribution in [0.2, 0.25) is 0 Å². The molecule has 2 atom stereocenters. The van der Waals surface area contributed by atoms with Crippen LogP contribution in [0, 0.1) is 5.92 Å². The molecule has 92 valence electrons. The topological polar surface area (TPSA) is 66.8 Å². The van der Waals surface area contributed by atoms with Gasteiger partial charge in [0.2, 0.25) is 0 Å². The Balaban J connectivity index is 3.78. The number of aliphatic hydroxyl groups excluding tert-OH is 2. The average Bonchev–Trinajstić information content (AvgIpc) is 2.31. The number of hydrogen-bond acceptors (Lipinski definition) is 4. The van der Waals surface area contributed by atoms with Crippen LogP contribution >= 0.6 is 0 Å². The molecule has 0 saturated carbocycles. The lowest BCUT2D eigenvalue weighted by Gasteiger charge is -2.05. The van der Waals surface area contributed by atoms with E-state index in [1.807, 2.05) is 6.08 Å². The number of ether oxygens (including phenoxy) is 1. The Morgan fingerprint density at radius 2 is 2.12 bits per heavy atom. The van der Waals surface area contributed by atoms with Crippen LogP contribution in [0.4, 0.5) is 0 Å². The Bertz CT molecular complexity index is 245. The first-order chi connectivity index (χ1) is 7.60. The summed E-state index contributed by atoms with van der Waals surface area (Å²) in [5.41, 5.74) is 0. The summed E-state index contributed by atoms with van der Waals surface area (Å²) < 4.78 is 4.66. The fourth-order valence-corrected chi connectivity index (χ4v) is 0.803. The van der Waals surface area contributed by atoms with Gasteiger partial charge in [0.15, 0.2) is 0 Å². The molecule has 0 aromatic carbocycles. The Kier molecular flexibility index (Phi) is 8.48. The first-order valence-electron chi connectivity index (χ1n) is 5.40. The van der Waals surface area contributed by atoms with Crippen molar-refractivity contribution in [2.75, 3.05) is 13.2 Å². The van der Waals surface area contributed by atoms with Gasteiger partial charge in [-0.1, -0.05) is 38.5 Å². The quantitative estimate of drug-likeness (QED) is 0.388. The summed E-state index contributed by atoms with van der Waals surface area (Å²) in [6, 6.07) is 0. The van der Waals surface area contributed by atoms with Crippen LogP contribution in [0.3, 0.4) is 0 Å². The maximum atomic E-state index is 11.0. The second kappa shape index (κ2) is 9.12. The normalized spacial score (nSPS) is 15.5. The molecule has 0 aliphatic rings. The highest BCUT2D eigenvalue weighted by Gasteiger charge is 2.04. The van der Waals surface area contributed by atoms with E-state index in [1.54, 1.807) is 12.2 Å². The molecule has 0 amide bonds. The van der Waals surface area contributed by atoms with Crippen molar-refractivity contribution in [2.24, 2.45) is 5.92 Å². The van der Waals surface area contributed by atoms with Gasteiger partial charge in [-0.3, -0.25) is 0 Å². The Morgan fingerprint density at radius 3 is 2.69 bits per heavy atom. The Morgan fingerprint density at radius 1 is 1.44 bits per heavy atom. The van der Waals surface area contributed by atoms with Crippen molar-refractivity contribution in [3.8, 4) is 0 Å². The third-order valence-corrected chi connectivity index (χ3v) is 2.06. The van der Waals surface area contributed by atoms with E-state index in [0.29, 0.717) is 5.92 Å². The molecule has 0 aromatic heterocycles. The van der Waals surface area contributed by atoms with Gasteiger partial charge in [0.05, 0.1) is 6.61 Å². The van der Waals surface area contributed by atoms with Crippen LogP contribution in [0.15, 0.2) is 24.3 Å². The van der Waals surface area contributed by atoms with Crippen LogP contribution in [0.5, 0.6) is 0 Å². The van der Waals surface area contributed by atoms with Crippen molar-refractivity contribution >= 4 is 5.97 Å². The van der Waals surface area contributed by atoms with Gasteiger partial charge in [-0.25, -0.2) is 4.79 Å². The predicted molar refractivity (Wildman–Crippen MR) is 61.8 cm³/mol. The largest absolute Gasteiger partial charge is 0.460 e. The molecule has 0 aliphatic carbocycles. The number of allylic oxidation sites excluding steroid dienone is 3. The number of carbonyl (C=O) groups excluding carboxylic acids is 1. The molecule has 4 heteroatoms. The molecule has 0 bridgehead atoms. The number of aliphatic hydroxyl groups is 2. The van der Waals surface area contributed by atoms with Gasteiger partial charge < -0.3 is 14.9 Å². The molecule has 0 heterocycles. The number of carbonyl (C=O) groups is 1. The lowest BCUT2D eigenvalue weighted by molar-refractivity contribution is -0.141. The third-order valence-electron chi connectivity index (χ3n) is 2.06. The minimum atomic E-state index is -1.01. The highest BCUT2D eigenvalue weighted by atomic mass is 16.5. The molecule has 0 fully saturated rings. The van der Waals surface area contributed by atoms with E-state index in [-0.39, 0.29) is 6.61 Å². The van der Waals surface area contributed by atoms with E-state index >= 15 is 0 Å². The van der Waals surface area contributed by atoms with Crippen LogP contribution in [0.1, 0.15) is 20.3 Å². The van der Waals surface area contributed by atoms with Gasteiger partial charge in [-0.15, -0.1) is 0 Å². The van der Waals surface area contributed by atoms with Gasteiger partial charge >= 0.3 is 5.97 Å². The van der Waals surface area contributed by atoms with Gasteiger partial charge in [0.1, 0.15) is 12.7 Å². The summed E-state index contributed by atoms with van der Waals surface area (Å²) in [6.45, 7) is 3.57. The Hall–Kier alpha value is -1.13. The van der Waals surface area contributed by atoms with E-state index in [1.165, 1.54) is 6.08 Å². The van der Waals surface area contributed by atoms with E-state index in [9.17, 15) is 4.79 Å². The molecule has 0 unspecified atom stereocenters.